The summed E-state index contributed by atoms with van der Waals surface area (Å²) >= 11 is 0. The van der Waals surface area contributed by atoms with Gasteiger partial charge in [-0.05, 0) is 25.0 Å². The number of carbonyl (C=O) groups is 4. The van der Waals surface area contributed by atoms with Crippen LogP contribution in [0.4, 0.5) is 5.69 Å². The van der Waals surface area contributed by atoms with Crippen molar-refractivity contribution < 1.29 is 28.7 Å². The Labute approximate surface area is 232 Å². The molecule has 2 N–H and O–H groups in total. The van der Waals surface area contributed by atoms with E-state index in [4.69, 9.17) is 9.47 Å². The van der Waals surface area contributed by atoms with E-state index in [9.17, 15) is 19.2 Å². The van der Waals surface area contributed by atoms with Gasteiger partial charge in [0, 0.05) is 25.3 Å². The summed E-state index contributed by atoms with van der Waals surface area (Å²) in [4.78, 5) is 50.7. The lowest BCUT2D eigenvalue weighted by molar-refractivity contribution is -0.136. The standard InChI is InChI=1S/C30H45N3O6/c1-2-3-4-5-6-7-8-9-10-11-12-19-38-21-22-39-20-18-31-24-15-13-14-23-27(24)30(37)33(29(23)36)25-16-17-26(34)32-28(25)35/h13-15,25,31H,2-12,16-22H2,1H3,(H,32,34,35). The lowest BCUT2D eigenvalue weighted by Gasteiger charge is -2.27. The van der Waals surface area contributed by atoms with E-state index >= 15 is 0 Å². The van der Waals surface area contributed by atoms with Gasteiger partial charge in [0.15, 0.2) is 0 Å². The summed E-state index contributed by atoms with van der Waals surface area (Å²) < 4.78 is 11.3. The molecular weight excluding hydrogens is 498 g/mol. The highest BCUT2D eigenvalue weighted by Gasteiger charge is 2.45. The van der Waals surface area contributed by atoms with Crippen LogP contribution in [0.1, 0.15) is 111 Å². The molecule has 2 heterocycles. The Balaban J connectivity index is 1.24. The van der Waals surface area contributed by atoms with Gasteiger partial charge in [-0.3, -0.25) is 29.4 Å². The van der Waals surface area contributed by atoms with Crippen LogP contribution in [0.5, 0.6) is 0 Å². The maximum atomic E-state index is 13.1. The molecule has 1 aromatic carbocycles. The number of carbonyl (C=O) groups excluding carboxylic acids is 4. The highest BCUT2D eigenvalue weighted by atomic mass is 16.5. The summed E-state index contributed by atoms with van der Waals surface area (Å²) in [6.45, 7) is 4.93. The number of nitrogens with zero attached hydrogens (tertiary/aromatic N) is 1. The third-order valence-corrected chi connectivity index (χ3v) is 7.29. The van der Waals surface area contributed by atoms with Gasteiger partial charge < -0.3 is 14.8 Å². The first-order chi connectivity index (χ1) is 19.0. The number of amides is 4. The van der Waals surface area contributed by atoms with E-state index in [1.165, 1.54) is 64.2 Å². The first-order valence-electron chi connectivity index (χ1n) is 14.8. The monoisotopic (exact) mass is 543 g/mol. The Bertz CT molecular complexity index is 966. The van der Waals surface area contributed by atoms with Crippen LogP contribution in [0, 0.1) is 0 Å². The largest absolute Gasteiger partial charge is 0.382 e. The van der Waals surface area contributed by atoms with Crippen molar-refractivity contribution in [2.24, 2.45) is 0 Å². The summed E-state index contributed by atoms with van der Waals surface area (Å²) in [5, 5.41) is 5.38. The van der Waals surface area contributed by atoms with Crippen LogP contribution in [0.3, 0.4) is 0 Å². The second-order valence-electron chi connectivity index (χ2n) is 10.4. The fraction of sp³-hybridized carbons (Fsp3) is 0.667. The Morgan fingerprint density at radius 3 is 2.13 bits per heavy atom. The first-order valence-corrected chi connectivity index (χ1v) is 14.8. The maximum Gasteiger partial charge on any atom is 0.264 e. The van der Waals surface area contributed by atoms with Gasteiger partial charge in [-0.25, -0.2) is 0 Å². The van der Waals surface area contributed by atoms with Crippen LogP contribution < -0.4 is 10.6 Å². The van der Waals surface area contributed by atoms with E-state index in [2.05, 4.69) is 17.6 Å². The summed E-state index contributed by atoms with van der Waals surface area (Å²) in [6, 6.07) is 4.03. The molecule has 0 aliphatic carbocycles. The van der Waals surface area contributed by atoms with Crippen molar-refractivity contribution in [3.05, 3.63) is 29.3 Å². The van der Waals surface area contributed by atoms with Crippen LogP contribution in [0.15, 0.2) is 18.2 Å². The molecular formula is C30H45N3O6. The molecule has 1 atom stereocenters. The van der Waals surface area contributed by atoms with Crippen molar-refractivity contribution in [1.29, 1.82) is 0 Å². The second-order valence-corrected chi connectivity index (χ2v) is 10.4. The fourth-order valence-corrected chi connectivity index (χ4v) is 5.11. The molecule has 1 saturated heterocycles. The van der Waals surface area contributed by atoms with E-state index in [-0.39, 0.29) is 24.0 Å². The number of hydrogen-bond donors (Lipinski definition) is 2. The van der Waals surface area contributed by atoms with Crippen LogP contribution in [-0.4, -0.2) is 67.5 Å². The van der Waals surface area contributed by atoms with E-state index in [1.54, 1.807) is 18.2 Å². The quantitative estimate of drug-likeness (QED) is 0.179. The predicted molar refractivity (Wildman–Crippen MR) is 150 cm³/mol. The minimum Gasteiger partial charge on any atom is -0.382 e. The average Bonchev–Trinajstić information content (AvgIpc) is 3.18. The molecule has 1 unspecified atom stereocenters. The van der Waals surface area contributed by atoms with Crippen molar-refractivity contribution >= 4 is 29.3 Å². The molecule has 0 spiro atoms. The normalized spacial score (nSPS) is 17.1. The maximum absolute atomic E-state index is 13.1. The van der Waals surface area contributed by atoms with Crippen LogP contribution in [0.25, 0.3) is 0 Å². The van der Waals surface area contributed by atoms with E-state index in [1.807, 2.05) is 0 Å². The average molecular weight is 544 g/mol. The van der Waals surface area contributed by atoms with Crippen molar-refractivity contribution in [2.45, 2.75) is 96.4 Å². The molecule has 4 amide bonds. The predicted octanol–water partition coefficient (Wildman–Crippen LogP) is 4.84. The molecule has 9 nitrogen and oxygen atoms in total. The minimum atomic E-state index is -0.976. The molecule has 0 radical (unpaired) electrons. The molecule has 3 rings (SSSR count). The summed E-state index contributed by atoms with van der Waals surface area (Å²) in [5.41, 5.74) is 1.03. The first kappa shape index (κ1) is 30.8. The molecule has 216 valence electrons. The number of hydrogen-bond acceptors (Lipinski definition) is 7. The SMILES string of the molecule is CCCCCCCCCCCCCOCCOCCNc1cccc2c1C(=O)N(C1CCC(=O)NC1=O)C2=O. The van der Waals surface area contributed by atoms with Gasteiger partial charge in [0.05, 0.1) is 30.9 Å². The van der Waals surface area contributed by atoms with Gasteiger partial charge in [-0.1, -0.05) is 77.2 Å². The number of fused-ring (bicyclic) bond motifs is 1. The zero-order valence-electron chi connectivity index (χ0n) is 23.4. The topological polar surface area (TPSA) is 114 Å². The Morgan fingerprint density at radius 2 is 1.46 bits per heavy atom. The molecule has 1 fully saturated rings. The number of imide groups is 2. The van der Waals surface area contributed by atoms with Crippen LogP contribution in [0.2, 0.25) is 0 Å². The zero-order chi connectivity index (χ0) is 27.9. The third kappa shape index (κ3) is 9.42. The summed E-state index contributed by atoms with van der Waals surface area (Å²) in [7, 11) is 0. The molecule has 2 aliphatic rings. The van der Waals surface area contributed by atoms with Crippen LogP contribution in [-0.2, 0) is 19.1 Å². The lowest BCUT2D eigenvalue weighted by Crippen LogP contribution is -2.54. The number of rotatable bonds is 20. The fourth-order valence-electron chi connectivity index (χ4n) is 5.11. The second kappa shape index (κ2) is 17.0. The third-order valence-electron chi connectivity index (χ3n) is 7.29. The van der Waals surface area contributed by atoms with Crippen LogP contribution >= 0.6 is 0 Å². The molecule has 2 aliphatic heterocycles. The zero-order valence-corrected chi connectivity index (χ0v) is 23.4. The van der Waals surface area contributed by atoms with Gasteiger partial charge >= 0.3 is 0 Å². The van der Waals surface area contributed by atoms with Gasteiger partial charge in [-0.15, -0.1) is 0 Å². The van der Waals surface area contributed by atoms with Crippen molar-refractivity contribution in [3.63, 3.8) is 0 Å². The summed E-state index contributed by atoms with van der Waals surface area (Å²) in [5.74, 6) is -2.05. The highest BCUT2D eigenvalue weighted by molar-refractivity contribution is 6.25. The van der Waals surface area contributed by atoms with Gasteiger partial charge in [0.25, 0.3) is 11.8 Å². The Morgan fingerprint density at radius 1 is 0.821 bits per heavy atom. The lowest BCUT2D eigenvalue weighted by atomic mass is 10.0. The Kier molecular flexibility index (Phi) is 13.4. The van der Waals surface area contributed by atoms with E-state index in [0.29, 0.717) is 32.1 Å². The van der Waals surface area contributed by atoms with Crippen molar-refractivity contribution in [1.82, 2.24) is 10.2 Å². The number of nitrogens with one attached hydrogen (secondary N) is 2. The molecule has 1 aromatic rings. The molecule has 0 aromatic heterocycles. The van der Waals surface area contributed by atoms with E-state index < -0.39 is 29.7 Å². The van der Waals surface area contributed by atoms with Crippen molar-refractivity contribution in [2.75, 3.05) is 38.3 Å². The van der Waals surface area contributed by atoms with Gasteiger partial charge in [0.2, 0.25) is 11.8 Å². The highest BCUT2D eigenvalue weighted by Crippen LogP contribution is 2.32. The number of unbranched alkanes of at least 4 members (excludes halogenated alkanes) is 10. The minimum absolute atomic E-state index is 0.0925. The van der Waals surface area contributed by atoms with Gasteiger partial charge in [-0.2, -0.15) is 0 Å². The number of benzene rings is 1. The smallest absolute Gasteiger partial charge is 0.264 e. The molecule has 0 saturated carbocycles. The van der Waals surface area contributed by atoms with Gasteiger partial charge in [0.1, 0.15) is 6.04 Å². The number of anilines is 1. The molecule has 39 heavy (non-hydrogen) atoms. The Hall–Kier alpha value is -2.78. The number of piperidine rings is 1. The molecule has 9 heteroatoms. The molecule has 0 bridgehead atoms. The summed E-state index contributed by atoms with van der Waals surface area (Å²) in [6.07, 6.45) is 14.7. The van der Waals surface area contributed by atoms with Crippen molar-refractivity contribution in [3.8, 4) is 0 Å². The number of ether oxygens (including phenoxy) is 2. The van der Waals surface area contributed by atoms with E-state index in [0.717, 1.165) is 17.9 Å².